The van der Waals surface area contributed by atoms with Crippen LogP contribution < -0.4 is 5.73 Å². The third-order valence-corrected chi connectivity index (χ3v) is 7.93. The molecule has 1 saturated carbocycles. The highest BCUT2D eigenvalue weighted by Crippen LogP contribution is 2.64. The lowest BCUT2D eigenvalue weighted by Crippen LogP contribution is -2.33. The number of benzene rings is 2. The molecule has 0 spiro atoms. The van der Waals surface area contributed by atoms with E-state index in [4.69, 9.17) is 22.7 Å². The molecule has 25 heavy (non-hydrogen) atoms. The fourth-order valence-electron chi connectivity index (χ4n) is 3.54. The summed E-state index contributed by atoms with van der Waals surface area (Å²) < 4.78 is 32.8. The van der Waals surface area contributed by atoms with Crippen LogP contribution in [0, 0.1) is 5.41 Å². The maximum Gasteiger partial charge on any atom is 0.182 e. The summed E-state index contributed by atoms with van der Waals surface area (Å²) in [5.74, 6) is -0.330. The Labute approximate surface area is 161 Å². The Hall–Kier alpha value is -1.28. The van der Waals surface area contributed by atoms with Gasteiger partial charge in [0.25, 0.3) is 0 Å². The third-order valence-electron chi connectivity index (χ3n) is 4.73. The van der Waals surface area contributed by atoms with Gasteiger partial charge in [-0.25, -0.2) is 8.42 Å². The van der Waals surface area contributed by atoms with Gasteiger partial charge in [0.15, 0.2) is 9.84 Å². The summed E-state index contributed by atoms with van der Waals surface area (Å²) >= 11 is 8.68. The molecule has 0 radical (unpaired) electrons. The van der Waals surface area contributed by atoms with Gasteiger partial charge < -0.3 is 10.5 Å². The molecule has 2 aromatic carbocycles. The summed E-state index contributed by atoms with van der Waals surface area (Å²) in [6, 6.07) is 16.0. The van der Waals surface area contributed by atoms with E-state index in [2.05, 4.69) is 15.9 Å². The second-order valence-corrected chi connectivity index (χ2v) is 9.57. The van der Waals surface area contributed by atoms with Crippen LogP contribution in [-0.4, -0.2) is 32.4 Å². The number of thiocarbonyl (C=S) groups is 1. The molecule has 0 heterocycles. The largest absolute Gasteiger partial charge is 0.393 e. The standard InChI is InChI=1S/C18H18BrNO3S2/c1-23-11-18(17(20)24)15(12-7-9-13(19)10-8-12)16(18)25(21,22)14-5-3-2-4-6-14/h2-10,15-16H,11H2,1H3,(H2,20,24)/t15-,16-,18-/m0/s1. The fourth-order valence-corrected chi connectivity index (χ4v) is 6.59. The van der Waals surface area contributed by atoms with E-state index in [9.17, 15) is 8.42 Å². The molecule has 4 nitrogen and oxygen atoms in total. The lowest BCUT2D eigenvalue weighted by Gasteiger charge is -2.16. The first-order chi connectivity index (χ1) is 11.9. The second kappa shape index (κ2) is 6.79. The van der Waals surface area contributed by atoms with Crippen LogP contribution in [0.5, 0.6) is 0 Å². The molecule has 0 amide bonds. The van der Waals surface area contributed by atoms with Gasteiger partial charge in [0.2, 0.25) is 0 Å². The first-order valence-electron chi connectivity index (χ1n) is 7.69. The third kappa shape index (κ3) is 3.03. The Morgan fingerprint density at radius 3 is 2.32 bits per heavy atom. The quantitative estimate of drug-likeness (QED) is 0.699. The second-order valence-electron chi connectivity index (χ2n) is 6.15. The van der Waals surface area contributed by atoms with Crippen LogP contribution in [0.25, 0.3) is 0 Å². The summed E-state index contributed by atoms with van der Waals surface area (Å²) in [4.78, 5) is 0.447. The molecule has 2 aromatic rings. The lowest BCUT2D eigenvalue weighted by molar-refractivity contribution is 0.166. The molecular formula is C18H18BrNO3S2. The Kier molecular flexibility index (Phi) is 5.03. The van der Waals surface area contributed by atoms with Crippen molar-refractivity contribution in [2.45, 2.75) is 16.1 Å². The van der Waals surface area contributed by atoms with Crippen molar-refractivity contribution in [2.75, 3.05) is 13.7 Å². The average molecular weight is 440 g/mol. The van der Waals surface area contributed by atoms with E-state index in [-0.39, 0.29) is 22.4 Å². The van der Waals surface area contributed by atoms with Gasteiger partial charge in [0.1, 0.15) is 0 Å². The van der Waals surface area contributed by atoms with Crippen molar-refractivity contribution in [3.8, 4) is 0 Å². The van der Waals surface area contributed by atoms with Crippen molar-refractivity contribution < 1.29 is 13.2 Å². The Balaban J connectivity index is 2.12. The molecule has 0 bridgehead atoms. The molecule has 0 saturated heterocycles. The average Bonchev–Trinajstić information content (AvgIpc) is 3.28. The van der Waals surface area contributed by atoms with Gasteiger partial charge >= 0.3 is 0 Å². The predicted molar refractivity (Wildman–Crippen MR) is 105 cm³/mol. The molecule has 0 unspecified atom stereocenters. The molecule has 0 aliphatic heterocycles. The minimum atomic E-state index is -3.61. The Morgan fingerprint density at radius 2 is 1.80 bits per heavy atom. The number of sulfone groups is 1. The van der Waals surface area contributed by atoms with E-state index in [1.807, 2.05) is 24.3 Å². The molecule has 1 aliphatic rings. The van der Waals surface area contributed by atoms with Crippen LogP contribution in [0.15, 0.2) is 64.0 Å². The molecule has 3 atom stereocenters. The van der Waals surface area contributed by atoms with E-state index in [0.717, 1.165) is 10.0 Å². The topological polar surface area (TPSA) is 69.4 Å². The number of methoxy groups -OCH3 is 1. The highest BCUT2D eigenvalue weighted by atomic mass is 79.9. The molecule has 3 rings (SSSR count). The molecule has 1 aliphatic carbocycles. The zero-order chi connectivity index (χ0) is 18.2. The van der Waals surface area contributed by atoms with Crippen molar-refractivity contribution in [3.63, 3.8) is 0 Å². The molecule has 132 valence electrons. The van der Waals surface area contributed by atoms with Crippen LogP contribution in [-0.2, 0) is 14.6 Å². The first-order valence-corrected chi connectivity index (χ1v) is 10.4. The summed E-state index contributed by atoms with van der Waals surface area (Å²) in [5, 5.41) is -0.735. The molecule has 0 aromatic heterocycles. The number of nitrogens with two attached hydrogens (primary N) is 1. The van der Waals surface area contributed by atoms with E-state index in [1.165, 1.54) is 7.11 Å². The fraction of sp³-hybridized carbons (Fsp3) is 0.278. The minimum absolute atomic E-state index is 0.166. The van der Waals surface area contributed by atoms with Crippen LogP contribution >= 0.6 is 28.1 Å². The lowest BCUT2D eigenvalue weighted by atomic mass is 10.00. The van der Waals surface area contributed by atoms with Crippen molar-refractivity contribution in [1.29, 1.82) is 0 Å². The Morgan fingerprint density at radius 1 is 1.20 bits per heavy atom. The maximum atomic E-state index is 13.3. The van der Waals surface area contributed by atoms with Gasteiger partial charge in [-0.05, 0) is 29.8 Å². The van der Waals surface area contributed by atoms with Crippen LogP contribution in [0.2, 0.25) is 0 Å². The molecular weight excluding hydrogens is 422 g/mol. The van der Waals surface area contributed by atoms with Gasteiger partial charge in [-0.3, -0.25) is 0 Å². The number of rotatable bonds is 6. The summed E-state index contributed by atoms with van der Waals surface area (Å²) in [7, 11) is -2.08. The van der Waals surface area contributed by atoms with Gasteiger partial charge in [0, 0.05) is 17.5 Å². The highest BCUT2D eigenvalue weighted by molar-refractivity contribution is 9.10. The minimum Gasteiger partial charge on any atom is -0.393 e. The monoisotopic (exact) mass is 439 g/mol. The molecule has 2 N–H and O–H groups in total. The summed E-state index contributed by atoms with van der Waals surface area (Å²) in [6.07, 6.45) is 0. The van der Waals surface area contributed by atoms with Gasteiger partial charge in [-0.15, -0.1) is 0 Å². The van der Waals surface area contributed by atoms with E-state index < -0.39 is 20.5 Å². The van der Waals surface area contributed by atoms with E-state index in [0.29, 0.717) is 0 Å². The van der Waals surface area contributed by atoms with E-state index in [1.54, 1.807) is 30.3 Å². The Bertz CT molecular complexity index is 884. The summed E-state index contributed by atoms with van der Waals surface area (Å²) in [5.41, 5.74) is 6.01. The van der Waals surface area contributed by atoms with Crippen molar-refractivity contribution in [3.05, 3.63) is 64.6 Å². The zero-order valence-electron chi connectivity index (χ0n) is 13.6. The van der Waals surface area contributed by atoms with Crippen molar-refractivity contribution >= 4 is 43.0 Å². The number of hydrogen-bond acceptors (Lipinski definition) is 4. The van der Waals surface area contributed by atoms with Gasteiger partial charge in [-0.2, -0.15) is 0 Å². The summed E-state index contributed by atoms with van der Waals surface area (Å²) in [6.45, 7) is 0.166. The maximum absolute atomic E-state index is 13.3. The van der Waals surface area contributed by atoms with Gasteiger partial charge in [0.05, 0.1) is 27.2 Å². The van der Waals surface area contributed by atoms with Crippen molar-refractivity contribution in [2.24, 2.45) is 11.1 Å². The number of halogens is 1. The van der Waals surface area contributed by atoms with Crippen LogP contribution in [0.4, 0.5) is 0 Å². The number of ether oxygens (including phenoxy) is 1. The highest BCUT2D eigenvalue weighted by Gasteiger charge is 2.73. The molecule has 7 heteroatoms. The normalized spacial score (nSPS) is 25.5. The molecule has 1 fully saturated rings. The first kappa shape index (κ1) is 18.5. The van der Waals surface area contributed by atoms with Crippen LogP contribution in [0.1, 0.15) is 11.5 Å². The smallest absolute Gasteiger partial charge is 0.182 e. The van der Waals surface area contributed by atoms with Crippen LogP contribution in [0.3, 0.4) is 0 Å². The SMILES string of the molecule is COC[C@]1(C(N)=S)[C@@H](c2ccc(Br)cc2)[C@@H]1S(=O)(=O)c1ccccc1. The predicted octanol–water partition coefficient (Wildman–Crippen LogP) is 3.31. The zero-order valence-corrected chi connectivity index (χ0v) is 16.8. The number of hydrogen-bond donors (Lipinski definition) is 1. The van der Waals surface area contributed by atoms with Gasteiger partial charge in [-0.1, -0.05) is 58.5 Å². The van der Waals surface area contributed by atoms with E-state index >= 15 is 0 Å². The van der Waals surface area contributed by atoms with Crippen molar-refractivity contribution in [1.82, 2.24) is 0 Å².